The zero-order valence-electron chi connectivity index (χ0n) is 13.9. The molecule has 1 N–H and O–H groups in total. The fourth-order valence-corrected chi connectivity index (χ4v) is 3.33. The van der Waals surface area contributed by atoms with Crippen molar-refractivity contribution in [3.63, 3.8) is 0 Å². The zero-order chi connectivity index (χ0) is 15.4. The molecule has 0 spiro atoms. The monoisotopic (exact) mass is 292 g/mol. The molecule has 1 heterocycles. The van der Waals surface area contributed by atoms with Crippen LogP contribution in [0.25, 0.3) is 0 Å². The summed E-state index contributed by atoms with van der Waals surface area (Å²) in [5.74, 6) is 0.659. The Morgan fingerprint density at radius 2 is 1.95 bits per heavy atom. The molecule has 1 saturated heterocycles. The Morgan fingerprint density at radius 1 is 1.29 bits per heavy atom. The largest absolute Gasteiger partial charge is 0.313 e. The Bertz CT molecular complexity index is 447. The molecule has 118 valence electrons. The van der Waals surface area contributed by atoms with Gasteiger partial charge in [0.05, 0.1) is 0 Å². The minimum atomic E-state index is -0.0611. The van der Waals surface area contributed by atoms with Gasteiger partial charge in [-0.25, -0.2) is 4.39 Å². The molecule has 2 rings (SSSR count). The highest BCUT2D eigenvalue weighted by atomic mass is 19.1. The number of nitrogens with zero attached hydrogens (tertiary/aromatic N) is 1. The zero-order valence-corrected chi connectivity index (χ0v) is 13.9. The second-order valence-corrected chi connectivity index (χ2v) is 6.91. The number of hydrogen-bond donors (Lipinski definition) is 1. The quantitative estimate of drug-likeness (QED) is 0.911. The highest BCUT2D eigenvalue weighted by molar-refractivity contribution is 5.30. The Morgan fingerprint density at radius 3 is 2.57 bits per heavy atom. The van der Waals surface area contributed by atoms with Gasteiger partial charge in [0, 0.05) is 19.1 Å². The molecule has 1 fully saturated rings. The van der Waals surface area contributed by atoms with Gasteiger partial charge in [-0.3, -0.25) is 4.90 Å². The van der Waals surface area contributed by atoms with Crippen LogP contribution in [0.2, 0.25) is 0 Å². The fourth-order valence-electron chi connectivity index (χ4n) is 3.33. The Balaban J connectivity index is 2.03. The first-order valence-corrected chi connectivity index (χ1v) is 8.17. The summed E-state index contributed by atoms with van der Waals surface area (Å²) in [6, 6.07) is 4.58. The summed E-state index contributed by atoms with van der Waals surface area (Å²) in [6.07, 6.45) is 2.41. The van der Waals surface area contributed by atoms with Crippen LogP contribution < -0.4 is 5.32 Å². The average molecular weight is 292 g/mol. The van der Waals surface area contributed by atoms with Crippen molar-refractivity contribution in [3.8, 4) is 0 Å². The van der Waals surface area contributed by atoms with Crippen LogP contribution in [0, 0.1) is 25.6 Å². The van der Waals surface area contributed by atoms with Crippen molar-refractivity contribution in [2.24, 2.45) is 5.92 Å². The summed E-state index contributed by atoms with van der Waals surface area (Å²) in [4.78, 5) is 2.51. The Labute approximate surface area is 128 Å². The normalized spacial score (nSPS) is 20.8. The second kappa shape index (κ2) is 7.37. The minimum absolute atomic E-state index is 0.0611. The number of halogens is 1. The number of rotatable bonds is 4. The maximum absolute atomic E-state index is 13.7. The number of aryl methyl sites for hydroxylation is 2. The van der Waals surface area contributed by atoms with Crippen molar-refractivity contribution < 1.29 is 4.39 Å². The van der Waals surface area contributed by atoms with E-state index in [1.54, 1.807) is 0 Å². The predicted octanol–water partition coefficient (Wildman–Crippen LogP) is 3.65. The van der Waals surface area contributed by atoms with E-state index in [1.165, 1.54) is 18.4 Å². The third-order valence-corrected chi connectivity index (χ3v) is 4.22. The van der Waals surface area contributed by atoms with E-state index in [0.29, 0.717) is 6.04 Å². The molecule has 21 heavy (non-hydrogen) atoms. The molecular formula is C18H29FN2. The van der Waals surface area contributed by atoms with E-state index in [-0.39, 0.29) is 5.82 Å². The maximum atomic E-state index is 13.7. The highest BCUT2D eigenvalue weighted by Gasteiger charge is 2.19. The average Bonchev–Trinajstić information content (AvgIpc) is 2.60. The fraction of sp³-hybridized carbons (Fsp3) is 0.667. The topological polar surface area (TPSA) is 15.3 Å². The van der Waals surface area contributed by atoms with Crippen molar-refractivity contribution in [3.05, 3.63) is 34.6 Å². The molecule has 2 nitrogen and oxygen atoms in total. The third kappa shape index (κ3) is 4.79. The lowest BCUT2D eigenvalue weighted by Crippen LogP contribution is -2.38. The molecule has 0 aromatic heterocycles. The molecule has 0 saturated carbocycles. The van der Waals surface area contributed by atoms with Crippen LogP contribution in [0.4, 0.5) is 4.39 Å². The van der Waals surface area contributed by atoms with Gasteiger partial charge in [0.25, 0.3) is 0 Å². The lowest BCUT2D eigenvalue weighted by atomic mass is 10.0. The predicted molar refractivity (Wildman–Crippen MR) is 87.0 cm³/mol. The van der Waals surface area contributed by atoms with E-state index >= 15 is 0 Å². The first kappa shape index (κ1) is 16.4. The molecule has 1 aliphatic heterocycles. The molecule has 1 aromatic carbocycles. The summed E-state index contributed by atoms with van der Waals surface area (Å²) in [5, 5.41) is 3.66. The van der Waals surface area contributed by atoms with Crippen LogP contribution in [0.1, 0.15) is 43.4 Å². The second-order valence-electron chi connectivity index (χ2n) is 6.91. The van der Waals surface area contributed by atoms with Crippen molar-refractivity contribution in [1.29, 1.82) is 0 Å². The molecule has 0 bridgehead atoms. The molecule has 0 radical (unpaired) electrons. The summed E-state index contributed by atoms with van der Waals surface area (Å²) < 4.78 is 13.7. The van der Waals surface area contributed by atoms with Crippen LogP contribution in [-0.2, 0) is 6.54 Å². The molecule has 1 aromatic rings. The first-order chi connectivity index (χ1) is 9.95. The van der Waals surface area contributed by atoms with Crippen molar-refractivity contribution in [1.82, 2.24) is 10.2 Å². The molecular weight excluding hydrogens is 263 g/mol. The highest BCUT2D eigenvalue weighted by Crippen LogP contribution is 2.18. The summed E-state index contributed by atoms with van der Waals surface area (Å²) in [7, 11) is 0. The molecule has 1 aliphatic rings. The third-order valence-electron chi connectivity index (χ3n) is 4.22. The van der Waals surface area contributed by atoms with Gasteiger partial charge in [0.15, 0.2) is 0 Å². The van der Waals surface area contributed by atoms with Crippen LogP contribution in [0.15, 0.2) is 12.1 Å². The van der Waals surface area contributed by atoms with Gasteiger partial charge >= 0.3 is 0 Å². The SMILES string of the molecule is Cc1cc(CN2CCCNC(CC(C)C)C2)cc(C)c1F. The van der Waals surface area contributed by atoms with E-state index < -0.39 is 0 Å². The smallest absolute Gasteiger partial charge is 0.129 e. The lowest BCUT2D eigenvalue weighted by molar-refractivity contribution is 0.247. The van der Waals surface area contributed by atoms with Crippen molar-refractivity contribution >= 4 is 0 Å². The van der Waals surface area contributed by atoms with Gasteiger partial charge in [-0.1, -0.05) is 26.0 Å². The molecule has 0 aliphatic carbocycles. The van der Waals surface area contributed by atoms with E-state index in [4.69, 9.17) is 0 Å². The van der Waals surface area contributed by atoms with Gasteiger partial charge in [0.1, 0.15) is 5.82 Å². The molecule has 1 atom stereocenters. The molecule has 1 unspecified atom stereocenters. The van der Waals surface area contributed by atoms with E-state index in [2.05, 4.69) is 24.1 Å². The van der Waals surface area contributed by atoms with Crippen LogP contribution in [-0.4, -0.2) is 30.6 Å². The van der Waals surface area contributed by atoms with E-state index in [0.717, 1.165) is 43.2 Å². The van der Waals surface area contributed by atoms with Crippen LogP contribution in [0.5, 0.6) is 0 Å². The van der Waals surface area contributed by atoms with Gasteiger partial charge in [-0.05, 0) is 62.4 Å². The number of nitrogens with one attached hydrogen (secondary N) is 1. The number of benzene rings is 1. The number of hydrogen-bond acceptors (Lipinski definition) is 2. The standard InChI is InChI=1S/C18H29FN2/c1-13(2)8-17-12-21(7-5-6-20-17)11-16-9-14(3)18(19)15(4)10-16/h9-10,13,17,20H,5-8,11-12H2,1-4H3. The Hall–Kier alpha value is -0.930. The Kier molecular flexibility index (Phi) is 5.77. The van der Waals surface area contributed by atoms with Gasteiger partial charge in [0.2, 0.25) is 0 Å². The summed E-state index contributed by atoms with van der Waals surface area (Å²) in [5.41, 5.74) is 2.75. The molecule has 3 heteroatoms. The van der Waals surface area contributed by atoms with Crippen LogP contribution in [0.3, 0.4) is 0 Å². The van der Waals surface area contributed by atoms with Crippen molar-refractivity contribution in [2.75, 3.05) is 19.6 Å². The van der Waals surface area contributed by atoms with Gasteiger partial charge in [-0.15, -0.1) is 0 Å². The minimum Gasteiger partial charge on any atom is -0.313 e. The summed E-state index contributed by atoms with van der Waals surface area (Å²) >= 11 is 0. The van der Waals surface area contributed by atoms with E-state index in [1.807, 2.05) is 26.0 Å². The maximum Gasteiger partial charge on any atom is 0.129 e. The van der Waals surface area contributed by atoms with Crippen LogP contribution >= 0.6 is 0 Å². The lowest BCUT2D eigenvalue weighted by Gasteiger charge is -2.25. The summed E-state index contributed by atoms with van der Waals surface area (Å²) in [6.45, 7) is 12.5. The first-order valence-electron chi connectivity index (χ1n) is 8.17. The van der Waals surface area contributed by atoms with Gasteiger partial charge < -0.3 is 5.32 Å². The van der Waals surface area contributed by atoms with E-state index in [9.17, 15) is 4.39 Å². The molecule has 0 amide bonds. The van der Waals surface area contributed by atoms with Gasteiger partial charge in [-0.2, -0.15) is 0 Å². The van der Waals surface area contributed by atoms with Crippen molar-refractivity contribution in [2.45, 2.75) is 53.1 Å².